The first-order valence-electron chi connectivity index (χ1n) is 3.21. The molecule has 0 aliphatic heterocycles. The van der Waals surface area contributed by atoms with Crippen molar-refractivity contribution in [2.45, 2.75) is 0 Å². The van der Waals surface area contributed by atoms with E-state index >= 15 is 0 Å². The summed E-state index contributed by atoms with van der Waals surface area (Å²) in [7, 11) is 0. The Hall–Kier alpha value is 0.490. The van der Waals surface area contributed by atoms with E-state index in [9.17, 15) is 0 Å². The lowest BCUT2D eigenvalue weighted by atomic mass is 10.3. The summed E-state index contributed by atoms with van der Waals surface area (Å²) >= 11 is 15.7. The van der Waals surface area contributed by atoms with Gasteiger partial charge in [0.15, 0.2) is 0 Å². The van der Waals surface area contributed by atoms with Crippen LogP contribution in [-0.2, 0) is 0 Å². The zero-order valence-corrected chi connectivity index (χ0v) is 10.3. The molecule has 0 atom stereocenters. The van der Waals surface area contributed by atoms with Crippen molar-refractivity contribution in [2.75, 3.05) is 0 Å². The monoisotopic (exact) mass is 328 g/mol. The molecule has 0 saturated carbocycles. The zero-order chi connectivity index (χ0) is 8.72. The molecule has 0 unspecified atom stereocenters. The van der Waals surface area contributed by atoms with E-state index in [-0.39, 0.29) is 0 Å². The molecule has 1 heterocycles. The Balaban J connectivity index is 2.93. The average Bonchev–Trinajstić information content (AvgIpc) is 2.41. The molecule has 0 aliphatic carbocycles. The Morgan fingerprint density at radius 3 is 2.67 bits per heavy atom. The third-order valence-electron chi connectivity index (χ3n) is 1.55. The van der Waals surface area contributed by atoms with Gasteiger partial charge in [-0.2, -0.15) is 0 Å². The minimum Gasteiger partial charge on any atom is -0.122 e. The van der Waals surface area contributed by atoms with Gasteiger partial charge in [0.1, 0.15) is 0 Å². The van der Waals surface area contributed by atoms with Crippen LogP contribution < -0.4 is 0 Å². The predicted octanol–water partition coefficient (Wildman–Crippen LogP) is 4.81. The van der Waals surface area contributed by atoms with Crippen molar-refractivity contribution in [1.82, 2.24) is 0 Å². The van der Waals surface area contributed by atoms with E-state index in [0.717, 1.165) is 14.7 Å². The van der Waals surface area contributed by atoms with Crippen molar-refractivity contribution in [3.8, 4) is 0 Å². The lowest BCUT2D eigenvalue weighted by Crippen LogP contribution is -1.70. The molecule has 0 radical (unpaired) electrons. The highest BCUT2D eigenvalue weighted by Gasteiger charge is 2.06. The summed E-state index contributed by atoms with van der Waals surface area (Å²) in [5, 5.41) is 1.83. The molecular weight excluding hydrogens is 326 g/mol. The summed E-state index contributed by atoms with van der Waals surface area (Å²) in [6, 6.07) is 5.80. The molecule has 1 aromatic carbocycles. The van der Waals surface area contributed by atoms with E-state index in [2.05, 4.69) is 22.6 Å². The van der Waals surface area contributed by atoms with Gasteiger partial charge < -0.3 is 0 Å². The van der Waals surface area contributed by atoms with E-state index in [0.29, 0.717) is 0 Å². The highest BCUT2D eigenvalue weighted by Crippen LogP contribution is 2.36. The molecule has 0 fully saturated rings. The van der Waals surface area contributed by atoms with Crippen molar-refractivity contribution >= 4 is 67.2 Å². The van der Waals surface area contributed by atoms with E-state index in [4.69, 9.17) is 23.2 Å². The SMILES string of the molecule is Clc1cc2c(Cl)ccc(I)c2s1. The normalized spacial score (nSPS) is 10.9. The van der Waals surface area contributed by atoms with E-state index in [1.807, 2.05) is 18.2 Å². The van der Waals surface area contributed by atoms with Crippen LogP contribution in [0.3, 0.4) is 0 Å². The molecule has 12 heavy (non-hydrogen) atoms. The summed E-state index contributed by atoms with van der Waals surface area (Å²) in [5.41, 5.74) is 0. The van der Waals surface area contributed by atoms with Gasteiger partial charge in [0.25, 0.3) is 0 Å². The van der Waals surface area contributed by atoms with Gasteiger partial charge in [-0.15, -0.1) is 11.3 Å². The number of thiophene rings is 1. The van der Waals surface area contributed by atoms with Gasteiger partial charge in [-0.05, 0) is 40.8 Å². The summed E-state index contributed by atoms with van der Waals surface area (Å²) in [6.07, 6.45) is 0. The maximum absolute atomic E-state index is 5.99. The van der Waals surface area contributed by atoms with Gasteiger partial charge in [0, 0.05) is 14.0 Å². The first kappa shape index (κ1) is 9.06. The van der Waals surface area contributed by atoms with Crippen LogP contribution >= 0.6 is 57.1 Å². The first-order valence-corrected chi connectivity index (χ1v) is 5.86. The Bertz CT molecular complexity index is 397. The molecular formula is C8H3Cl2IS. The third-order valence-corrected chi connectivity index (χ3v) is 4.44. The van der Waals surface area contributed by atoms with Crippen LogP contribution in [0.1, 0.15) is 0 Å². The minimum absolute atomic E-state index is 0.772. The molecule has 0 N–H and O–H groups in total. The first-order chi connectivity index (χ1) is 5.68. The average molecular weight is 329 g/mol. The highest BCUT2D eigenvalue weighted by molar-refractivity contribution is 14.1. The zero-order valence-electron chi connectivity index (χ0n) is 5.77. The molecule has 0 aliphatic rings. The van der Waals surface area contributed by atoms with Crippen LogP contribution in [0, 0.1) is 3.57 Å². The standard InChI is InChI=1S/C8H3Cl2IS/c9-5-1-2-6(11)8-4(5)3-7(10)12-8/h1-3H. The summed E-state index contributed by atoms with van der Waals surface area (Å²) < 4.78 is 3.16. The Morgan fingerprint density at radius 1 is 1.25 bits per heavy atom. The minimum atomic E-state index is 0.772. The van der Waals surface area contributed by atoms with Gasteiger partial charge in [-0.3, -0.25) is 0 Å². The third kappa shape index (κ3) is 1.45. The quantitative estimate of drug-likeness (QED) is 0.609. The fourth-order valence-electron chi connectivity index (χ4n) is 1.03. The van der Waals surface area contributed by atoms with Crippen molar-refractivity contribution in [1.29, 1.82) is 0 Å². The smallest absolute Gasteiger partial charge is 0.0941 e. The van der Waals surface area contributed by atoms with Crippen LogP contribution in [0.5, 0.6) is 0 Å². The van der Waals surface area contributed by atoms with Crippen LogP contribution in [-0.4, -0.2) is 0 Å². The maximum Gasteiger partial charge on any atom is 0.0941 e. The number of hydrogen-bond acceptors (Lipinski definition) is 1. The molecule has 0 amide bonds. The Morgan fingerprint density at radius 2 is 2.00 bits per heavy atom. The molecule has 0 spiro atoms. The van der Waals surface area contributed by atoms with Gasteiger partial charge in [0.2, 0.25) is 0 Å². The molecule has 0 saturated heterocycles. The summed E-state index contributed by atoms with van der Waals surface area (Å²) in [4.78, 5) is 0. The van der Waals surface area contributed by atoms with Crippen LogP contribution in [0.2, 0.25) is 9.36 Å². The predicted molar refractivity (Wildman–Crippen MR) is 64.6 cm³/mol. The van der Waals surface area contributed by atoms with Crippen LogP contribution in [0.4, 0.5) is 0 Å². The number of hydrogen-bond donors (Lipinski definition) is 0. The van der Waals surface area contributed by atoms with Crippen molar-refractivity contribution < 1.29 is 0 Å². The highest BCUT2D eigenvalue weighted by atomic mass is 127. The lowest BCUT2D eigenvalue weighted by Gasteiger charge is -1.94. The molecule has 2 aromatic rings. The van der Waals surface area contributed by atoms with Crippen LogP contribution in [0.15, 0.2) is 18.2 Å². The van der Waals surface area contributed by atoms with Crippen molar-refractivity contribution in [3.63, 3.8) is 0 Å². The second kappa shape index (κ2) is 3.33. The van der Waals surface area contributed by atoms with E-state index < -0.39 is 0 Å². The second-order valence-electron chi connectivity index (χ2n) is 2.32. The lowest BCUT2D eigenvalue weighted by molar-refractivity contribution is 1.79. The fourth-order valence-corrected chi connectivity index (χ4v) is 3.25. The molecule has 62 valence electrons. The van der Waals surface area contributed by atoms with Crippen LogP contribution in [0.25, 0.3) is 10.1 Å². The molecule has 2 rings (SSSR count). The maximum atomic E-state index is 5.99. The summed E-state index contributed by atoms with van der Waals surface area (Å²) in [5.74, 6) is 0. The number of benzene rings is 1. The van der Waals surface area contributed by atoms with Gasteiger partial charge >= 0.3 is 0 Å². The van der Waals surface area contributed by atoms with Gasteiger partial charge in [-0.25, -0.2) is 0 Å². The number of fused-ring (bicyclic) bond motifs is 1. The van der Waals surface area contributed by atoms with Gasteiger partial charge in [0.05, 0.1) is 9.04 Å². The van der Waals surface area contributed by atoms with Crippen molar-refractivity contribution in [2.24, 2.45) is 0 Å². The van der Waals surface area contributed by atoms with E-state index in [1.54, 1.807) is 11.3 Å². The molecule has 1 aromatic heterocycles. The largest absolute Gasteiger partial charge is 0.122 e. The van der Waals surface area contributed by atoms with Gasteiger partial charge in [-0.1, -0.05) is 23.2 Å². The molecule has 0 bridgehead atoms. The summed E-state index contributed by atoms with van der Waals surface area (Å²) in [6.45, 7) is 0. The Kier molecular flexibility index (Phi) is 2.51. The van der Waals surface area contributed by atoms with Crippen molar-refractivity contribution in [3.05, 3.63) is 31.1 Å². The number of halogens is 3. The van der Waals surface area contributed by atoms with E-state index in [1.165, 1.54) is 8.27 Å². The second-order valence-corrected chi connectivity index (χ2v) is 5.58. The number of rotatable bonds is 0. The fraction of sp³-hybridized carbons (Fsp3) is 0. The molecule has 4 heteroatoms. The molecule has 0 nitrogen and oxygen atoms in total. The Labute approximate surface area is 97.6 Å². The topological polar surface area (TPSA) is 0 Å².